The van der Waals surface area contributed by atoms with Crippen LogP contribution in [0.1, 0.15) is 49.4 Å². The molecule has 41 heavy (non-hydrogen) atoms. The fraction of sp³-hybridized carbons (Fsp3) is 0.448. The second kappa shape index (κ2) is 11.6. The summed E-state index contributed by atoms with van der Waals surface area (Å²) < 4.78 is 32.1. The average molecular weight is 598 g/mol. The maximum absolute atomic E-state index is 12.7. The van der Waals surface area contributed by atoms with Crippen LogP contribution in [0.25, 0.3) is 28.1 Å². The van der Waals surface area contributed by atoms with Crippen molar-refractivity contribution in [2.45, 2.75) is 71.8 Å². The van der Waals surface area contributed by atoms with Gasteiger partial charge in [-0.25, -0.2) is 14.8 Å². The minimum absolute atomic E-state index is 0.0924. The van der Waals surface area contributed by atoms with E-state index in [-0.39, 0.29) is 12.3 Å². The van der Waals surface area contributed by atoms with Crippen molar-refractivity contribution in [3.05, 3.63) is 47.3 Å². The van der Waals surface area contributed by atoms with Gasteiger partial charge in [0, 0.05) is 26.1 Å². The predicted octanol–water partition coefficient (Wildman–Crippen LogP) is 5.95. The molecule has 220 valence electrons. The predicted molar refractivity (Wildman–Crippen MR) is 166 cm³/mol. The van der Waals surface area contributed by atoms with Gasteiger partial charge in [-0.05, 0) is 64.9 Å². The first-order chi connectivity index (χ1) is 19.1. The van der Waals surface area contributed by atoms with Crippen molar-refractivity contribution in [1.82, 2.24) is 18.9 Å². The molecule has 0 aliphatic carbocycles. The number of aromatic nitrogens is 4. The molecule has 10 nitrogen and oxygen atoms in total. The van der Waals surface area contributed by atoms with E-state index in [9.17, 15) is 14.5 Å². The van der Waals surface area contributed by atoms with Gasteiger partial charge < -0.3 is 19.1 Å². The molecule has 1 atom stereocenters. The molecule has 0 aliphatic heterocycles. The van der Waals surface area contributed by atoms with Gasteiger partial charge >= 0.3 is 5.97 Å². The molecule has 0 saturated carbocycles. The van der Waals surface area contributed by atoms with Crippen molar-refractivity contribution >= 4 is 47.8 Å². The summed E-state index contributed by atoms with van der Waals surface area (Å²) in [5.74, 6) is -0.677. The monoisotopic (exact) mass is 597 g/mol. The number of fused-ring (bicyclic) bond motifs is 2. The lowest BCUT2D eigenvalue weighted by Gasteiger charge is -2.18. The lowest BCUT2D eigenvalue weighted by atomic mass is 10.2. The van der Waals surface area contributed by atoms with Gasteiger partial charge in [-0.15, -0.1) is 0 Å². The molecule has 4 aromatic heterocycles. The number of aryl methyl sites for hydroxylation is 1. The highest BCUT2D eigenvalue weighted by Crippen LogP contribution is 2.33. The van der Waals surface area contributed by atoms with Crippen LogP contribution in [0.5, 0.6) is 5.88 Å². The Hall–Kier alpha value is -3.19. The fourth-order valence-corrected chi connectivity index (χ4v) is 5.66. The Morgan fingerprint density at radius 1 is 1.17 bits per heavy atom. The third kappa shape index (κ3) is 6.66. The summed E-state index contributed by atoms with van der Waals surface area (Å²) in [5.41, 5.74) is 4.70. The second-order valence-electron chi connectivity index (χ2n) is 12.3. The Morgan fingerprint density at radius 2 is 1.88 bits per heavy atom. The molecule has 0 spiro atoms. The molecule has 4 aromatic rings. The van der Waals surface area contributed by atoms with Crippen molar-refractivity contribution < 1.29 is 23.9 Å². The number of hydrogen-bond donors (Lipinski definition) is 1. The van der Waals surface area contributed by atoms with Gasteiger partial charge in [0.1, 0.15) is 45.5 Å². The van der Waals surface area contributed by atoms with Crippen molar-refractivity contribution in [3.8, 4) is 17.3 Å². The standard InChI is InChI=1S/C29H39N5O5SSi/c1-18(32-40(37)29(3,4)5)22-11-10-20-14-23(33(27(20)30-22)17-39-12-13-41(7,8)9)26-19(2)34-24(31-26)15-21(28(35)36)16-25(34)38-6/h10-11,14-16H,12-13,17H2,1-9H3,(H,35,36). The van der Waals surface area contributed by atoms with Gasteiger partial charge in [-0.1, -0.05) is 24.0 Å². The van der Waals surface area contributed by atoms with E-state index in [0.29, 0.717) is 40.9 Å². The molecule has 0 bridgehead atoms. The van der Waals surface area contributed by atoms with Gasteiger partial charge in [0.05, 0.1) is 29.8 Å². The van der Waals surface area contributed by atoms with Crippen LogP contribution in [0, 0.1) is 6.92 Å². The van der Waals surface area contributed by atoms with Crippen molar-refractivity contribution in [1.29, 1.82) is 0 Å². The molecule has 0 radical (unpaired) electrons. The van der Waals surface area contributed by atoms with Crippen LogP contribution in [0.15, 0.2) is 34.7 Å². The Bertz CT molecular complexity index is 1630. The number of methoxy groups -OCH3 is 1. The van der Waals surface area contributed by atoms with Crippen molar-refractivity contribution in [3.63, 3.8) is 0 Å². The van der Waals surface area contributed by atoms with Gasteiger partial charge in [0.15, 0.2) is 5.88 Å². The molecule has 0 saturated heterocycles. The van der Waals surface area contributed by atoms with E-state index in [1.54, 1.807) is 4.40 Å². The van der Waals surface area contributed by atoms with Gasteiger partial charge in [-0.2, -0.15) is 0 Å². The fourth-order valence-electron chi connectivity index (χ4n) is 4.29. The number of rotatable bonds is 10. The minimum Gasteiger partial charge on any atom is -0.591 e. The van der Waals surface area contributed by atoms with Crippen LogP contribution in [0.4, 0.5) is 0 Å². The van der Waals surface area contributed by atoms with Crippen LogP contribution >= 0.6 is 0 Å². The van der Waals surface area contributed by atoms with E-state index in [0.717, 1.165) is 22.8 Å². The summed E-state index contributed by atoms with van der Waals surface area (Å²) in [5, 5.41) is 10.5. The van der Waals surface area contributed by atoms with E-state index in [1.165, 1.54) is 19.2 Å². The van der Waals surface area contributed by atoms with Gasteiger partial charge in [0.2, 0.25) is 0 Å². The number of ether oxygens (including phenoxy) is 2. The summed E-state index contributed by atoms with van der Waals surface area (Å²) in [6, 6.07) is 9.89. The normalized spacial score (nSPS) is 13.8. The highest BCUT2D eigenvalue weighted by Gasteiger charge is 2.27. The summed E-state index contributed by atoms with van der Waals surface area (Å²) >= 11 is -1.41. The zero-order valence-electron chi connectivity index (χ0n) is 25.2. The Morgan fingerprint density at radius 3 is 2.49 bits per heavy atom. The number of carbonyl (C=O) groups is 1. The number of nitrogens with zero attached hydrogens (tertiary/aromatic N) is 5. The molecule has 0 fully saturated rings. The Balaban J connectivity index is 1.87. The topological polar surface area (TPSA) is 126 Å². The average Bonchev–Trinajstić information content (AvgIpc) is 3.41. The number of aromatic carboxylic acids is 1. The van der Waals surface area contributed by atoms with Crippen molar-refractivity contribution in [2.75, 3.05) is 13.7 Å². The molecule has 0 aromatic carbocycles. The zero-order chi connectivity index (χ0) is 30.3. The van der Waals surface area contributed by atoms with Gasteiger partial charge in [-0.3, -0.25) is 8.97 Å². The lowest BCUT2D eigenvalue weighted by molar-refractivity contribution is 0.0696. The number of pyridine rings is 2. The highest BCUT2D eigenvalue weighted by molar-refractivity contribution is 7.91. The lowest BCUT2D eigenvalue weighted by Crippen LogP contribution is -2.26. The molecule has 4 rings (SSSR count). The third-order valence-electron chi connectivity index (χ3n) is 6.69. The third-order valence-corrected chi connectivity index (χ3v) is 9.88. The van der Waals surface area contributed by atoms with E-state index >= 15 is 0 Å². The number of imidazole rings is 1. The summed E-state index contributed by atoms with van der Waals surface area (Å²) in [4.78, 5) is 21.5. The first kappa shape index (κ1) is 30.8. The quantitative estimate of drug-likeness (QED) is 0.104. The second-order valence-corrected chi connectivity index (χ2v) is 19.8. The first-order valence-electron chi connectivity index (χ1n) is 13.5. The van der Waals surface area contributed by atoms with E-state index in [2.05, 4.69) is 24.0 Å². The maximum Gasteiger partial charge on any atom is 0.336 e. The number of carboxylic acids is 1. The molecule has 0 amide bonds. The smallest absolute Gasteiger partial charge is 0.336 e. The van der Waals surface area contributed by atoms with E-state index in [4.69, 9.17) is 19.4 Å². The SMILES string of the molecule is COc1cc(C(=O)O)cc2nc(-c3cc4ccc(C(C)=N[S+]([O-])C(C)(C)C)nc4n3COCC[Si](C)(C)C)c(C)n12. The van der Waals surface area contributed by atoms with Crippen molar-refractivity contribution in [2.24, 2.45) is 4.40 Å². The molecule has 4 heterocycles. The maximum atomic E-state index is 12.7. The first-order valence-corrected chi connectivity index (χ1v) is 18.3. The largest absolute Gasteiger partial charge is 0.591 e. The Kier molecular flexibility index (Phi) is 8.70. The van der Waals surface area contributed by atoms with Crippen LogP contribution in [0.2, 0.25) is 25.7 Å². The summed E-state index contributed by atoms with van der Waals surface area (Å²) in [7, 11) is 0.211. The van der Waals surface area contributed by atoms with Crippen LogP contribution in [0.3, 0.4) is 0 Å². The molecular formula is C29H39N5O5SSi. The van der Waals surface area contributed by atoms with Crippen LogP contribution in [-0.4, -0.2) is 66.8 Å². The zero-order valence-corrected chi connectivity index (χ0v) is 27.0. The van der Waals surface area contributed by atoms with Crippen LogP contribution < -0.4 is 4.74 Å². The van der Waals surface area contributed by atoms with E-state index in [1.807, 2.05) is 57.4 Å². The molecule has 1 unspecified atom stereocenters. The minimum atomic E-state index is -1.41. The van der Waals surface area contributed by atoms with Crippen LogP contribution in [-0.2, 0) is 22.8 Å². The van der Waals surface area contributed by atoms with E-state index < -0.39 is 30.2 Å². The number of carboxylic acid groups (broad SMARTS) is 1. The highest BCUT2D eigenvalue weighted by atomic mass is 32.2. The summed E-state index contributed by atoms with van der Waals surface area (Å²) in [6.07, 6.45) is 0. The molecule has 0 aliphatic rings. The Labute approximate surface area is 244 Å². The molecule has 1 N–H and O–H groups in total. The molecule has 12 heteroatoms. The van der Waals surface area contributed by atoms with Gasteiger partial charge in [0.25, 0.3) is 0 Å². The summed E-state index contributed by atoms with van der Waals surface area (Å²) in [6.45, 7) is 17.2. The molecular weight excluding hydrogens is 559 g/mol. The number of hydrogen-bond acceptors (Lipinski definition) is 7.